The van der Waals surface area contributed by atoms with Gasteiger partial charge in [-0.2, -0.15) is 0 Å². The van der Waals surface area contributed by atoms with Gasteiger partial charge in [-0.05, 0) is 60.0 Å². The Bertz CT molecular complexity index is 2450. The minimum Gasteiger partial charge on any atom is -0.493 e. The Balaban J connectivity index is 1.40. The number of esters is 1. The molecule has 0 aliphatic carbocycles. The van der Waals surface area contributed by atoms with Crippen molar-refractivity contribution < 1.29 is 19.0 Å². The fraction of sp³-hybridized carbons (Fsp3) is 0.184. The Morgan fingerprint density at radius 3 is 2.46 bits per heavy atom. The number of methoxy groups -OCH3 is 2. The number of rotatable bonds is 8. The van der Waals surface area contributed by atoms with Gasteiger partial charge in [0, 0.05) is 33.7 Å². The summed E-state index contributed by atoms with van der Waals surface area (Å²) in [4.78, 5) is 33.1. The third-order valence-electron chi connectivity index (χ3n) is 8.64. The van der Waals surface area contributed by atoms with Crippen molar-refractivity contribution in [3.63, 3.8) is 0 Å². The topological polar surface area (TPSA) is 84.1 Å². The number of hydrogen-bond acceptors (Lipinski definition) is 7. The summed E-state index contributed by atoms with van der Waals surface area (Å²) >= 11 is 4.96. The number of allylic oxidation sites excluding steroid dienone is 1. The van der Waals surface area contributed by atoms with Crippen LogP contribution in [0.3, 0.4) is 0 Å². The molecule has 0 saturated heterocycles. The molecule has 2 aromatic heterocycles. The van der Waals surface area contributed by atoms with E-state index in [-0.39, 0.29) is 17.7 Å². The second kappa shape index (κ2) is 12.9. The zero-order valence-electron chi connectivity index (χ0n) is 26.8. The van der Waals surface area contributed by atoms with Crippen molar-refractivity contribution in [2.45, 2.75) is 26.4 Å². The number of nitrogens with zero attached hydrogens (tertiary/aromatic N) is 3. The number of carbonyl (C=O) groups is 1. The molecule has 0 bridgehead atoms. The Hall–Kier alpha value is -4.93. The molecule has 0 radical (unpaired) electrons. The Morgan fingerprint density at radius 1 is 0.979 bits per heavy atom. The van der Waals surface area contributed by atoms with E-state index in [4.69, 9.17) is 19.2 Å². The summed E-state index contributed by atoms with van der Waals surface area (Å²) in [5, 5.41) is 3.44. The standard InChI is InChI=1S/C38H32BrN3O5S/c1-5-47-37(44)34-22(2)40-38-42(35(34)28-18-31(45-3)32(46-4)19-29(28)39)36(43)33(48-38)17-25-21-41(30-16-9-8-15-27(25)30)20-24-13-10-12-23-11-6-7-14-26(23)24/h6-19,21,35H,5,20H2,1-4H3/b33-17-/t35-/m0/s1. The average Bonchev–Trinajstić information content (AvgIpc) is 3.59. The van der Waals surface area contributed by atoms with Crippen LogP contribution in [-0.2, 0) is 16.1 Å². The van der Waals surface area contributed by atoms with E-state index in [0.29, 0.717) is 43.1 Å². The molecule has 4 aromatic carbocycles. The summed E-state index contributed by atoms with van der Waals surface area (Å²) in [5.74, 6) is 0.449. The quantitative estimate of drug-likeness (QED) is 0.163. The fourth-order valence-corrected chi connectivity index (χ4v) is 8.02. The molecule has 0 N–H and O–H groups in total. The predicted molar refractivity (Wildman–Crippen MR) is 193 cm³/mol. The van der Waals surface area contributed by atoms with Crippen molar-refractivity contribution in [2.24, 2.45) is 4.99 Å². The van der Waals surface area contributed by atoms with Gasteiger partial charge in [0.25, 0.3) is 5.56 Å². The molecule has 0 amide bonds. The van der Waals surface area contributed by atoms with Crippen LogP contribution in [0.15, 0.2) is 111 Å². The van der Waals surface area contributed by atoms with Crippen molar-refractivity contribution >= 4 is 61.0 Å². The van der Waals surface area contributed by atoms with Gasteiger partial charge in [0.2, 0.25) is 0 Å². The van der Waals surface area contributed by atoms with E-state index in [1.807, 2.05) is 18.2 Å². The number of aromatic nitrogens is 2. The van der Waals surface area contributed by atoms with Crippen LogP contribution in [0.1, 0.15) is 36.6 Å². The molecule has 7 rings (SSSR count). The lowest BCUT2D eigenvalue weighted by Crippen LogP contribution is -2.40. The summed E-state index contributed by atoms with van der Waals surface area (Å²) in [7, 11) is 3.10. The van der Waals surface area contributed by atoms with Crippen molar-refractivity contribution in [3.8, 4) is 11.5 Å². The molecule has 48 heavy (non-hydrogen) atoms. The monoisotopic (exact) mass is 721 g/mol. The molecular formula is C38H32BrN3O5S. The first-order chi connectivity index (χ1) is 23.3. The van der Waals surface area contributed by atoms with E-state index < -0.39 is 12.0 Å². The summed E-state index contributed by atoms with van der Waals surface area (Å²) in [6.07, 6.45) is 4.03. The van der Waals surface area contributed by atoms with Gasteiger partial charge in [-0.3, -0.25) is 9.36 Å². The molecule has 242 valence electrons. The van der Waals surface area contributed by atoms with E-state index in [1.54, 1.807) is 44.8 Å². The number of ether oxygens (including phenoxy) is 3. The SMILES string of the molecule is CCOC(=O)C1=C(C)N=c2s/c(=C\c3cn(Cc4cccc5ccccc45)c4ccccc34)c(=O)n2[C@H]1c1cc(OC)c(OC)cc1Br. The van der Waals surface area contributed by atoms with Gasteiger partial charge in [0.1, 0.15) is 0 Å². The zero-order valence-corrected chi connectivity index (χ0v) is 29.2. The van der Waals surface area contributed by atoms with Gasteiger partial charge in [-0.15, -0.1) is 0 Å². The number of hydrogen-bond donors (Lipinski definition) is 0. The number of halogens is 1. The normalized spacial score (nSPS) is 14.7. The van der Waals surface area contributed by atoms with E-state index in [1.165, 1.54) is 27.7 Å². The van der Waals surface area contributed by atoms with E-state index >= 15 is 0 Å². The Morgan fingerprint density at radius 2 is 1.69 bits per heavy atom. The number of fused-ring (bicyclic) bond motifs is 3. The third kappa shape index (κ3) is 5.44. The van der Waals surface area contributed by atoms with E-state index in [9.17, 15) is 9.59 Å². The predicted octanol–water partition coefficient (Wildman–Crippen LogP) is 6.73. The molecule has 10 heteroatoms. The summed E-state index contributed by atoms with van der Waals surface area (Å²) in [6.45, 7) is 4.38. The van der Waals surface area contributed by atoms with Crippen LogP contribution in [0, 0.1) is 0 Å². The highest BCUT2D eigenvalue weighted by atomic mass is 79.9. The Kier molecular flexibility index (Phi) is 8.53. The minimum atomic E-state index is -0.815. The van der Waals surface area contributed by atoms with Crippen LogP contribution in [0.25, 0.3) is 27.8 Å². The van der Waals surface area contributed by atoms with Gasteiger partial charge in [0.05, 0.1) is 42.7 Å². The molecule has 6 aromatic rings. The third-order valence-corrected chi connectivity index (χ3v) is 10.3. The highest BCUT2D eigenvalue weighted by Gasteiger charge is 2.35. The van der Waals surface area contributed by atoms with Crippen LogP contribution in [0.2, 0.25) is 0 Å². The maximum atomic E-state index is 14.4. The molecule has 0 unspecified atom stereocenters. The maximum Gasteiger partial charge on any atom is 0.338 e. The molecule has 0 saturated carbocycles. The van der Waals surface area contributed by atoms with E-state index in [0.717, 1.165) is 16.5 Å². The van der Waals surface area contributed by atoms with Gasteiger partial charge < -0.3 is 18.8 Å². The van der Waals surface area contributed by atoms with Crippen LogP contribution >= 0.6 is 27.3 Å². The maximum absolute atomic E-state index is 14.4. The summed E-state index contributed by atoms with van der Waals surface area (Å²) in [5.41, 5.74) is 4.35. The number of thiazole rings is 1. The largest absolute Gasteiger partial charge is 0.493 e. The number of benzene rings is 4. The zero-order chi connectivity index (χ0) is 33.5. The van der Waals surface area contributed by atoms with Crippen LogP contribution in [0.5, 0.6) is 11.5 Å². The molecule has 8 nitrogen and oxygen atoms in total. The second-order valence-corrected chi connectivity index (χ2v) is 13.3. The van der Waals surface area contributed by atoms with Gasteiger partial charge in [0.15, 0.2) is 16.3 Å². The highest BCUT2D eigenvalue weighted by Crippen LogP contribution is 2.41. The van der Waals surface area contributed by atoms with Crippen molar-refractivity contribution in [1.82, 2.24) is 9.13 Å². The highest BCUT2D eigenvalue weighted by molar-refractivity contribution is 9.10. The molecule has 1 aliphatic rings. The lowest BCUT2D eigenvalue weighted by Gasteiger charge is -2.26. The average molecular weight is 723 g/mol. The summed E-state index contributed by atoms with van der Waals surface area (Å²) in [6, 6.07) is 25.7. The van der Waals surface area contributed by atoms with Gasteiger partial charge >= 0.3 is 5.97 Å². The van der Waals surface area contributed by atoms with Crippen LogP contribution < -0.4 is 24.4 Å². The second-order valence-electron chi connectivity index (χ2n) is 11.4. The molecular weight excluding hydrogens is 690 g/mol. The molecule has 3 heterocycles. The number of para-hydroxylation sites is 1. The smallest absolute Gasteiger partial charge is 0.338 e. The van der Waals surface area contributed by atoms with Crippen LogP contribution in [0.4, 0.5) is 0 Å². The Labute approximate surface area is 289 Å². The van der Waals surface area contributed by atoms with Crippen molar-refractivity contribution in [2.75, 3.05) is 20.8 Å². The van der Waals surface area contributed by atoms with Crippen molar-refractivity contribution in [1.29, 1.82) is 0 Å². The molecule has 1 atom stereocenters. The first-order valence-corrected chi connectivity index (χ1v) is 17.1. The lowest BCUT2D eigenvalue weighted by atomic mass is 9.95. The first-order valence-electron chi connectivity index (χ1n) is 15.5. The fourth-order valence-electron chi connectivity index (χ4n) is 6.44. The van der Waals surface area contributed by atoms with Crippen molar-refractivity contribution in [3.05, 3.63) is 137 Å². The molecule has 1 aliphatic heterocycles. The lowest BCUT2D eigenvalue weighted by molar-refractivity contribution is -0.139. The number of carbonyl (C=O) groups excluding carboxylic acids is 1. The molecule has 0 spiro atoms. The van der Waals surface area contributed by atoms with Crippen LogP contribution in [-0.4, -0.2) is 35.9 Å². The minimum absolute atomic E-state index is 0.183. The summed E-state index contributed by atoms with van der Waals surface area (Å²) < 4.78 is 21.5. The van der Waals surface area contributed by atoms with E-state index in [2.05, 4.69) is 81.3 Å². The van der Waals surface area contributed by atoms with Gasteiger partial charge in [-0.25, -0.2) is 9.79 Å². The van der Waals surface area contributed by atoms with Gasteiger partial charge in [-0.1, -0.05) is 87.9 Å². The first kappa shape index (κ1) is 31.7. The molecule has 0 fully saturated rings.